The minimum absolute atomic E-state index is 0.0115. The number of carbonyl (C=O) groups is 2. The van der Waals surface area contributed by atoms with Crippen LogP contribution in [0.4, 0.5) is 0 Å². The van der Waals surface area contributed by atoms with E-state index in [4.69, 9.17) is 23.2 Å². The quantitative estimate of drug-likeness (QED) is 0.197. The maximum atomic E-state index is 13.8. The maximum Gasteiger partial charge on any atom is 0.352 e. The molecule has 9 nitrogen and oxygen atoms in total. The number of halogens is 4. The normalized spacial score (nSPS) is 28.1. The first-order chi connectivity index (χ1) is 18.1. The van der Waals surface area contributed by atoms with E-state index in [-0.39, 0.29) is 29.7 Å². The van der Waals surface area contributed by atoms with Crippen molar-refractivity contribution in [2.24, 2.45) is 0 Å². The van der Waals surface area contributed by atoms with Crippen molar-refractivity contribution in [3.05, 3.63) is 91.2 Å². The Morgan fingerprint density at radius 1 is 1.00 bits per heavy atom. The first-order valence-electron chi connectivity index (χ1n) is 11.5. The number of aromatic hydroxyl groups is 1. The van der Waals surface area contributed by atoms with E-state index in [1.165, 1.54) is 15.4 Å². The minimum atomic E-state index is -2.01. The van der Waals surface area contributed by atoms with Crippen LogP contribution in [-0.2, 0) is 16.1 Å². The van der Waals surface area contributed by atoms with Crippen molar-refractivity contribution in [1.29, 1.82) is 0 Å². The van der Waals surface area contributed by atoms with Crippen LogP contribution >= 0.6 is 55.1 Å². The van der Waals surface area contributed by atoms with E-state index in [0.29, 0.717) is 15.7 Å². The van der Waals surface area contributed by atoms with E-state index in [1.807, 2.05) is 0 Å². The smallest absolute Gasteiger partial charge is 0.352 e. The molecule has 1 saturated heterocycles. The van der Waals surface area contributed by atoms with Gasteiger partial charge in [0, 0.05) is 22.4 Å². The van der Waals surface area contributed by atoms with Crippen molar-refractivity contribution in [2.45, 2.75) is 34.7 Å². The minimum Gasteiger partial charge on any atom is -0.508 e. The van der Waals surface area contributed by atoms with Crippen LogP contribution < -0.4 is 11.4 Å². The predicted molar refractivity (Wildman–Crippen MR) is 147 cm³/mol. The summed E-state index contributed by atoms with van der Waals surface area (Å²) < 4.78 is 4.22. The van der Waals surface area contributed by atoms with Gasteiger partial charge in [-0.15, -0.1) is 23.2 Å². The average molecular weight is 685 g/mol. The van der Waals surface area contributed by atoms with Gasteiger partial charge >= 0.3 is 11.4 Å². The second-order valence-electron chi connectivity index (χ2n) is 9.39. The number of hydrogen-bond donors (Lipinski definition) is 1. The summed E-state index contributed by atoms with van der Waals surface area (Å²) in [5, 5.41) is 10.9. The van der Waals surface area contributed by atoms with Gasteiger partial charge in [0.2, 0.25) is 0 Å². The highest BCUT2D eigenvalue weighted by molar-refractivity contribution is 9.10. The van der Waals surface area contributed by atoms with Crippen molar-refractivity contribution in [3.63, 3.8) is 0 Å². The number of alkyl halides is 3. The van der Waals surface area contributed by atoms with Gasteiger partial charge in [0.05, 0.1) is 23.7 Å². The van der Waals surface area contributed by atoms with E-state index in [1.54, 1.807) is 48.5 Å². The molecular weight excluding hydrogens is 667 g/mol. The van der Waals surface area contributed by atoms with E-state index in [9.17, 15) is 24.3 Å². The number of fused-ring (bicyclic) bond motifs is 4. The van der Waals surface area contributed by atoms with Crippen LogP contribution in [0.25, 0.3) is 5.69 Å². The Balaban J connectivity index is 1.64. The molecule has 2 fully saturated rings. The summed E-state index contributed by atoms with van der Waals surface area (Å²) in [6.45, 7) is 0.0115. The molecule has 3 aliphatic rings. The fourth-order valence-electron chi connectivity index (χ4n) is 5.92. The molecule has 3 aromatic rings. The van der Waals surface area contributed by atoms with Crippen molar-refractivity contribution >= 4 is 66.9 Å². The van der Waals surface area contributed by atoms with Crippen LogP contribution in [0.1, 0.15) is 23.9 Å². The number of carbonyl (C=O) groups excluding carboxylic acids is 2. The molecule has 0 unspecified atom stereocenters. The van der Waals surface area contributed by atoms with Crippen LogP contribution in [0, 0.1) is 0 Å². The summed E-state index contributed by atoms with van der Waals surface area (Å²) in [5.74, 6) is -2.68. The molecule has 0 bridgehead atoms. The van der Waals surface area contributed by atoms with Gasteiger partial charge in [0.25, 0.3) is 11.8 Å². The predicted octanol–water partition coefficient (Wildman–Crippen LogP) is 3.61. The molecule has 2 aromatic carbocycles. The highest BCUT2D eigenvalue weighted by Crippen LogP contribution is 2.64. The molecule has 1 N–H and O–H groups in total. The SMILES string of the molecule is O=C1N(CBr)C(=O)[C@@]2(Cl)[C@@H](c3cc(Br)ccc3O)C3=CCn4c(=O)n(-c5ccccc5)c(=O)n4[C@@H]3C[C@@]12Cl. The fourth-order valence-corrected chi connectivity index (χ4v) is 7.69. The zero-order chi connectivity index (χ0) is 27.1. The van der Waals surface area contributed by atoms with Crippen LogP contribution in [0.15, 0.2) is 74.2 Å². The Morgan fingerprint density at radius 3 is 2.39 bits per heavy atom. The number of para-hydroxylation sites is 1. The lowest BCUT2D eigenvalue weighted by Crippen LogP contribution is -2.59. The molecule has 2 amide bonds. The topological polar surface area (TPSA) is 107 Å². The number of likely N-dealkylation sites (tertiary alicyclic amines) is 1. The van der Waals surface area contributed by atoms with E-state index in [2.05, 4.69) is 31.9 Å². The number of nitrogens with zero attached hydrogens (tertiary/aromatic N) is 4. The molecule has 1 aliphatic carbocycles. The average Bonchev–Trinajstić information content (AvgIpc) is 3.24. The van der Waals surface area contributed by atoms with Crippen molar-refractivity contribution in [3.8, 4) is 11.4 Å². The van der Waals surface area contributed by atoms with Crippen LogP contribution in [0.3, 0.4) is 0 Å². The van der Waals surface area contributed by atoms with E-state index < -0.39 is 44.9 Å². The number of allylic oxidation sites excluding steroid dienone is 2. The Labute approximate surface area is 242 Å². The number of phenolic OH excluding ortho intramolecular Hbond substituents is 1. The molecule has 1 saturated carbocycles. The van der Waals surface area contributed by atoms with E-state index >= 15 is 0 Å². The Hall–Kier alpha value is -2.60. The standard InChI is InChI=1S/C25H18Br2Cl2N4O5/c26-12-30-20(35)24(28)11-17-15(19(25(24,29)21(30)36)16-10-13(27)6-7-18(16)34)8-9-31-22(37)32(23(38)33(17)31)14-4-2-1-3-5-14/h1-8,10,17,19,34H,9,11-12H2/t17-,19-,24-,25+/m1/s1. The highest BCUT2D eigenvalue weighted by atomic mass is 79.9. The zero-order valence-corrected chi connectivity index (χ0v) is 24.0. The summed E-state index contributed by atoms with van der Waals surface area (Å²) in [6.07, 6.45) is 1.50. The third kappa shape index (κ3) is 3.16. The number of phenols is 1. The molecule has 2 aliphatic heterocycles. The number of aromatic nitrogens is 3. The number of benzene rings is 2. The van der Waals surface area contributed by atoms with E-state index in [0.717, 1.165) is 9.47 Å². The van der Waals surface area contributed by atoms with Crippen LogP contribution in [0.2, 0.25) is 0 Å². The van der Waals surface area contributed by atoms with Crippen molar-refractivity contribution < 1.29 is 14.7 Å². The Morgan fingerprint density at radius 2 is 1.71 bits per heavy atom. The second-order valence-corrected chi connectivity index (χ2v) is 12.1. The molecular formula is C25H18Br2Cl2N4O5. The summed E-state index contributed by atoms with van der Waals surface area (Å²) in [7, 11) is 0. The lowest BCUT2D eigenvalue weighted by Gasteiger charge is -2.49. The first-order valence-corrected chi connectivity index (χ1v) is 14.2. The molecule has 38 heavy (non-hydrogen) atoms. The third-order valence-corrected chi connectivity index (χ3v) is 10.0. The molecule has 4 atom stereocenters. The molecule has 1 aromatic heterocycles. The monoisotopic (exact) mass is 682 g/mol. The summed E-state index contributed by atoms with van der Waals surface area (Å²) in [4.78, 5) is 51.4. The Bertz CT molecular complexity index is 1680. The van der Waals surface area contributed by atoms with Crippen molar-refractivity contribution in [1.82, 2.24) is 18.8 Å². The molecule has 0 spiro atoms. The fraction of sp³-hybridized carbons (Fsp3) is 0.280. The summed E-state index contributed by atoms with van der Waals surface area (Å²) in [5.41, 5.74) is -0.149. The second kappa shape index (κ2) is 8.70. The number of amides is 2. The van der Waals surface area contributed by atoms with Gasteiger partial charge in [0.1, 0.15) is 5.75 Å². The summed E-state index contributed by atoms with van der Waals surface area (Å²) in [6, 6.07) is 12.3. The third-order valence-electron chi connectivity index (χ3n) is 7.60. The molecule has 3 heterocycles. The molecule has 13 heteroatoms. The number of hydrogen-bond acceptors (Lipinski definition) is 5. The maximum absolute atomic E-state index is 13.8. The first kappa shape index (κ1) is 25.7. The zero-order valence-electron chi connectivity index (χ0n) is 19.4. The van der Waals surface area contributed by atoms with Crippen LogP contribution in [-0.4, -0.2) is 51.0 Å². The van der Waals surface area contributed by atoms with Gasteiger partial charge in [-0.3, -0.25) is 14.5 Å². The van der Waals surface area contributed by atoms with Gasteiger partial charge in [-0.1, -0.05) is 56.1 Å². The molecule has 6 rings (SSSR count). The van der Waals surface area contributed by atoms with Gasteiger partial charge in [-0.2, -0.15) is 0 Å². The largest absolute Gasteiger partial charge is 0.508 e. The lowest BCUT2D eigenvalue weighted by molar-refractivity contribution is -0.138. The molecule has 0 radical (unpaired) electrons. The van der Waals surface area contributed by atoms with Gasteiger partial charge < -0.3 is 5.11 Å². The Kier molecular flexibility index (Phi) is 5.88. The van der Waals surface area contributed by atoms with Gasteiger partial charge in [-0.05, 0) is 35.9 Å². The van der Waals surface area contributed by atoms with Gasteiger partial charge in [0.15, 0.2) is 9.75 Å². The highest BCUT2D eigenvalue weighted by Gasteiger charge is 2.75. The van der Waals surface area contributed by atoms with Crippen LogP contribution in [0.5, 0.6) is 5.75 Å². The lowest BCUT2D eigenvalue weighted by atomic mass is 9.64. The number of imide groups is 1. The van der Waals surface area contributed by atoms with Crippen molar-refractivity contribution in [2.75, 3.05) is 5.45 Å². The van der Waals surface area contributed by atoms with Gasteiger partial charge in [-0.25, -0.2) is 23.5 Å². The molecule has 196 valence electrons. The summed E-state index contributed by atoms with van der Waals surface area (Å²) >= 11 is 20.8. The number of rotatable bonds is 3.